The summed E-state index contributed by atoms with van der Waals surface area (Å²) in [6, 6.07) is 11.2. The Morgan fingerprint density at radius 2 is 1.93 bits per heavy atom. The number of hydrogen-bond donors (Lipinski definition) is 1. The van der Waals surface area contributed by atoms with Gasteiger partial charge in [0.1, 0.15) is 5.75 Å². The van der Waals surface area contributed by atoms with Crippen molar-refractivity contribution in [1.82, 2.24) is 19.5 Å². The number of aromatic nitrogens is 3. The van der Waals surface area contributed by atoms with E-state index in [2.05, 4.69) is 22.1 Å². The number of fused-ring (bicyclic) bond motifs is 4. The third kappa shape index (κ3) is 2.92. The third-order valence-corrected chi connectivity index (χ3v) is 6.16. The van der Waals surface area contributed by atoms with Gasteiger partial charge in [-0.05, 0) is 50.8 Å². The van der Waals surface area contributed by atoms with Gasteiger partial charge in [-0.15, -0.1) is 0 Å². The Labute approximate surface area is 164 Å². The van der Waals surface area contributed by atoms with E-state index >= 15 is 0 Å². The van der Waals surface area contributed by atoms with E-state index in [-0.39, 0.29) is 5.56 Å². The first-order chi connectivity index (χ1) is 13.6. The van der Waals surface area contributed by atoms with Crippen molar-refractivity contribution in [1.29, 1.82) is 0 Å². The van der Waals surface area contributed by atoms with E-state index in [0.29, 0.717) is 18.7 Å². The summed E-state index contributed by atoms with van der Waals surface area (Å²) in [4.78, 5) is 20.5. The highest BCUT2D eigenvalue weighted by Gasteiger charge is 2.38. The quantitative estimate of drug-likeness (QED) is 0.758. The molecule has 0 saturated carbocycles. The number of rotatable bonds is 4. The van der Waals surface area contributed by atoms with Gasteiger partial charge in [-0.25, -0.2) is 9.50 Å². The third-order valence-electron chi connectivity index (χ3n) is 6.16. The van der Waals surface area contributed by atoms with Gasteiger partial charge in [-0.3, -0.25) is 14.8 Å². The van der Waals surface area contributed by atoms with Crippen LogP contribution in [0.5, 0.6) is 5.75 Å². The molecule has 5 rings (SSSR count). The molecule has 2 aromatic heterocycles. The molecule has 0 spiro atoms. The molecule has 3 aromatic rings. The van der Waals surface area contributed by atoms with Gasteiger partial charge in [-0.1, -0.05) is 12.1 Å². The van der Waals surface area contributed by atoms with Crippen LogP contribution in [0, 0.1) is 6.92 Å². The van der Waals surface area contributed by atoms with Gasteiger partial charge in [0.05, 0.1) is 12.3 Å². The topological polar surface area (TPSA) is 62.6 Å². The first-order valence-corrected chi connectivity index (χ1v) is 10.2. The van der Waals surface area contributed by atoms with Crippen LogP contribution in [-0.2, 0) is 19.4 Å². The lowest BCUT2D eigenvalue weighted by Gasteiger charge is -2.27. The van der Waals surface area contributed by atoms with E-state index < -0.39 is 0 Å². The SMILES string of the molecule is CCOc1ccc(CN2[C@H]3CC[C@H]2Cc2c(nc4cc(C)[nH]n4c2=O)C3)cc1. The first-order valence-electron chi connectivity index (χ1n) is 10.2. The van der Waals surface area contributed by atoms with Crippen LogP contribution in [0.3, 0.4) is 0 Å². The van der Waals surface area contributed by atoms with Crippen LogP contribution in [0.25, 0.3) is 5.65 Å². The second kappa shape index (κ2) is 6.78. The smallest absolute Gasteiger partial charge is 0.276 e. The lowest BCUT2D eigenvalue weighted by Crippen LogP contribution is -2.36. The highest BCUT2D eigenvalue weighted by molar-refractivity contribution is 5.42. The van der Waals surface area contributed by atoms with Crippen LogP contribution < -0.4 is 10.3 Å². The van der Waals surface area contributed by atoms with Gasteiger partial charge in [0.25, 0.3) is 5.56 Å². The van der Waals surface area contributed by atoms with Crippen molar-refractivity contribution in [2.75, 3.05) is 6.61 Å². The molecule has 6 nitrogen and oxygen atoms in total. The largest absolute Gasteiger partial charge is 0.494 e. The van der Waals surface area contributed by atoms with Crippen molar-refractivity contribution in [2.45, 2.75) is 58.2 Å². The number of aromatic amines is 1. The molecule has 6 heteroatoms. The van der Waals surface area contributed by atoms with Gasteiger partial charge in [0, 0.05) is 42.4 Å². The molecule has 2 aliphatic rings. The molecule has 1 saturated heterocycles. The summed E-state index contributed by atoms with van der Waals surface area (Å²) in [6.07, 6.45) is 3.97. The minimum absolute atomic E-state index is 0.0710. The zero-order valence-corrected chi connectivity index (χ0v) is 16.4. The molecule has 0 unspecified atom stereocenters. The lowest BCUT2D eigenvalue weighted by atomic mass is 9.98. The van der Waals surface area contributed by atoms with Gasteiger partial charge in [-0.2, -0.15) is 0 Å². The maximum atomic E-state index is 13.0. The molecule has 2 aliphatic heterocycles. The Morgan fingerprint density at radius 3 is 2.68 bits per heavy atom. The summed E-state index contributed by atoms with van der Waals surface area (Å²) in [5.74, 6) is 0.917. The fourth-order valence-corrected chi connectivity index (χ4v) is 4.84. The summed E-state index contributed by atoms with van der Waals surface area (Å²) in [6.45, 7) is 5.55. The fraction of sp³-hybridized carbons (Fsp3) is 0.455. The molecule has 1 N–H and O–H groups in total. The zero-order chi connectivity index (χ0) is 19.3. The standard InChI is InChI=1S/C22H26N4O2/c1-3-28-18-8-4-15(5-9-18)13-25-16-6-7-17(25)12-20-19(11-16)22(27)26-21(23-20)10-14(2)24-26/h4-5,8-10,16-17,24H,3,6-7,11-13H2,1-2H3/t16-,17-/m0/s1. The van der Waals surface area contributed by atoms with Crippen molar-refractivity contribution in [3.63, 3.8) is 0 Å². The Hall–Kier alpha value is -2.60. The summed E-state index contributed by atoms with van der Waals surface area (Å²) < 4.78 is 7.16. The van der Waals surface area contributed by atoms with Crippen LogP contribution in [0.1, 0.15) is 42.3 Å². The number of aryl methyl sites for hydroxylation is 1. The van der Waals surface area contributed by atoms with Crippen LogP contribution >= 0.6 is 0 Å². The van der Waals surface area contributed by atoms with Crippen molar-refractivity contribution in [3.8, 4) is 5.75 Å². The normalized spacial score (nSPS) is 21.6. The number of ether oxygens (including phenoxy) is 1. The van der Waals surface area contributed by atoms with E-state index in [1.807, 2.05) is 32.0 Å². The predicted octanol–water partition coefficient (Wildman–Crippen LogP) is 2.86. The first kappa shape index (κ1) is 17.5. The van der Waals surface area contributed by atoms with E-state index in [9.17, 15) is 4.79 Å². The Bertz CT molecular complexity index is 1070. The van der Waals surface area contributed by atoms with E-state index in [1.54, 1.807) is 4.52 Å². The van der Waals surface area contributed by atoms with E-state index in [4.69, 9.17) is 9.72 Å². The van der Waals surface area contributed by atoms with Crippen LogP contribution in [0.2, 0.25) is 0 Å². The molecular weight excluding hydrogens is 352 g/mol. The average molecular weight is 378 g/mol. The van der Waals surface area contributed by atoms with Crippen LogP contribution in [0.15, 0.2) is 35.1 Å². The molecule has 2 bridgehead atoms. The van der Waals surface area contributed by atoms with Crippen molar-refractivity contribution < 1.29 is 4.74 Å². The molecule has 146 valence electrons. The van der Waals surface area contributed by atoms with Crippen LogP contribution in [0.4, 0.5) is 0 Å². The number of hydrogen-bond acceptors (Lipinski definition) is 4. The van der Waals surface area contributed by atoms with Gasteiger partial charge in [0.15, 0.2) is 5.65 Å². The number of nitrogens with one attached hydrogen (secondary N) is 1. The van der Waals surface area contributed by atoms with Crippen LogP contribution in [-0.4, -0.2) is 38.2 Å². The molecular formula is C22H26N4O2. The summed E-state index contributed by atoms with van der Waals surface area (Å²) in [5.41, 5.74) is 4.94. The number of benzene rings is 1. The minimum Gasteiger partial charge on any atom is -0.494 e. The van der Waals surface area contributed by atoms with Gasteiger partial charge in [0.2, 0.25) is 0 Å². The second-order valence-corrected chi connectivity index (χ2v) is 8.02. The monoisotopic (exact) mass is 378 g/mol. The summed E-state index contributed by atoms with van der Waals surface area (Å²) in [5, 5.41) is 3.12. The average Bonchev–Trinajstić information content (AvgIpc) is 3.18. The molecule has 0 radical (unpaired) electrons. The van der Waals surface area contributed by atoms with E-state index in [0.717, 1.165) is 54.2 Å². The molecule has 0 aliphatic carbocycles. The maximum Gasteiger partial charge on any atom is 0.276 e. The molecule has 28 heavy (non-hydrogen) atoms. The Kier molecular flexibility index (Phi) is 4.23. The minimum atomic E-state index is 0.0710. The van der Waals surface area contributed by atoms with Crippen molar-refractivity contribution >= 4 is 5.65 Å². The van der Waals surface area contributed by atoms with E-state index in [1.165, 1.54) is 12.0 Å². The van der Waals surface area contributed by atoms with Gasteiger partial charge >= 0.3 is 0 Å². The lowest BCUT2D eigenvalue weighted by molar-refractivity contribution is 0.187. The second-order valence-electron chi connectivity index (χ2n) is 8.02. The molecule has 4 heterocycles. The zero-order valence-electron chi connectivity index (χ0n) is 16.4. The molecule has 1 fully saturated rings. The van der Waals surface area contributed by atoms with Crippen molar-refractivity contribution in [3.05, 3.63) is 63.2 Å². The molecule has 2 atom stereocenters. The van der Waals surface area contributed by atoms with Crippen molar-refractivity contribution in [2.24, 2.45) is 0 Å². The highest BCUT2D eigenvalue weighted by atomic mass is 16.5. The summed E-state index contributed by atoms with van der Waals surface area (Å²) in [7, 11) is 0. The Balaban J connectivity index is 1.44. The molecule has 0 amide bonds. The Morgan fingerprint density at radius 1 is 1.18 bits per heavy atom. The number of nitrogens with zero attached hydrogens (tertiary/aromatic N) is 3. The highest BCUT2D eigenvalue weighted by Crippen LogP contribution is 2.34. The van der Waals surface area contributed by atoms with Gasteiger partial charge < -0.3 is 4.74 Å². The maximum absolute atomic E-state index is 13.0. The predicted molar refractivity (Wildman–Crippen MR) is 108 cm³/mol. The number of H-pyrrole nitrogens is 1. The molecule has 1 aromatic carbocycles. The summed E-state index contributed by atoms with van der Waals surface area (Å²) >= 11 is 0. The fourth-order valence-electron chi connectivity index (χ4n) is 4.84.